The van der Waals surface area contributed by atoms with Crippen molar-refractivity contribution in [2.24, 2.45) is 0 Å². The summed E-state index contributed by atoms with van der Waals surface area (Å²) in [4.78, 5) is 25.2. The highest BCUT2D eigenvalue weighted by molar-refractivity contribution is 7.15. The van der Waals surface area contributed by atoms with E-state index >= 15 is 0 Å². The van der Waals surface area contributed by atoms with Crippen LogP contribution in [-0.2, 0) is 9.53 Å². The Bertz CT molecular complexity index is 1120. The number of carbonyl (C=O) groups excluding carboxylic acids is 2. The van der Waals surface area contributed by atoms with Crippen LogP contribution < -0.4 is 10.1 Å². The summed E-state index contributed by atoms with van der Waals surface area (Å²) >= 11 is 7.30. The Morgan fingerprint density at radius 1 is 1.03 bits per heavy atom. The van der Waals surface area contributed by atoms with E-state index in [-0.39, 0.29) is 19.1 Å². The lowest BCUT2D eigenvalue weighted by Crippen LogP contribution is -2.21. The summed E-state index contributed by atoms with van der Waals surface area (Å²) in [5.41, 5.74) is 5.13. The maximum atomic E-state index is 12.7. The fourth-order valence-electron chi connectivity index (χ4n) is 3.00. The number of hydrogen-bond acceptors (Lipinski definition) is 5. The molecular formula is C24H24ClNO4S. The monoisotopic (exact) mass is 457 g/mol. The van der Waals surface area contributed by atoms with Crippen molar-refractivity contribution in [1.29, 1.82) is 0 Å². The molecule has 1 N–H and O–H groups in total. The van der Waals surface area contributed by atoms with E-state index < -0.39 is 5.97 Å². The van der Waals surface area contributed by atoms with Gasteiger partial charge in [0.25, 0.3) is 5.91 Å². The number of carbonyl (C=O) groups is 2. The summed E-state index contributed by atoms with van der Waals surface area (Å²) in [6.45, 7) is 7.72. The SMILES string of the molecule is CCOC(=O)c1c(-c2ccc(C)c(C)c2)csc1NC(=O)COc1ccc(Cl)c(C)c1. The normalized spacial score (nSPS) is 10.6. The van der Waals surface area contributed by atoms with Gasteiger partial charge in [-0.3, -0.25) is 4.79 Å². The minimum Gasteiger partial charge on any atom is -0.484 e. The zero-order valence-electron chi connectivity index (χ0n) is 17.9. The average molecular weight is 458 g/mol. The quantitative estimate of drug-likeness (QED) is 0.430. The molecule has 0 spiro atoms. The predicted octanol–water partition coefficient (Wildman–Crippen LogP) is 6.19. The molecule has 162 valence electrons. The highest BCUT2D eigenvalue weighted by atomic mass is 35.5. The summed E-state index contributed by atoms with van der Waals surface area (Å²) in [5.74, 6) is -0.294. The molecule has 0 aliphatic carbocycles. The predicted molar refractivity (Wildman–Crippen MR) is 125 cm³/mol. The fourth-order valence-corrected chi connectivity index (χ4v) is 4.09. The van der Waals surface area contributed by atoms with Crippen molar-refractivity contribution in [3.63, 3.8) is 0 Å². The Morgan fingerprint density at radius 3 is 2.48 bits per heavy atom. The molecule has 1 amide bonds. The first-order chi connectivity index (χ1) is 14.8. The van der Waals surface area contributed by atoms with Gasteiger partial charge in [-0.1, -0.05) is 29.8 Å². The lowest BCUT2D eigenvalue weighted by Gasteiger charge is -2.11. The molecule has 5 nitrogen and oxygen atoms in total. The van der Waals surface area contributed by atoms with Crippen molar-refractivity contribution in [1.82, 2.24) is 0 Å². The molecule has 0 radical (unpaired) electrons. The van der Waals surface area contributed by atoms with Crippen LogP contribution in [0.1, 0.15) is 34.0 Å². The van der Waals surface area contributed by atoms with Crippen molar-refractivity contribution in [2.75, 3.05) is 18.5 Å². The van der Waals surface area contributed by atoms with Crippen LogP contribution in [0.2, 0.25) is 5.02 Å². The van der Waals surface area contributed by atoms with Gasteiger partial charge in [-0.2, -0.15) is 0 Å². The standard InChI is InChI=1S/C24H24ClNO4S/c1-5-29-24(28)22-19(17-7-6-14(2)15(3)10-17)13-31-23(22)26-21(27)12-30-18-8-9-20(25)16(4)11-18/h6-11,13H,5,12H2,1-4H3,(H,26,27). The summed E-state index contributed by atoms with van der Waals surface area (Å²) < 4.78 is 10.8. The van der Waals surface area contributed by atoms with Crippen molar-refractivity contribution in [3.05, 3.63) is 69.1 Å². The van der Waals surface area contributed by atoms with Gasteiger partial charge in [0.1, 0.15) is 16.3 Å². The van der Waals surface area contributed by atoms with Gasteiger partial charge in [0.05, 0.1) is 6.61 Å². The fraction of sp³-hybridized carbons (Fsp3) is 0.250. The second-order valence-corrected chi connectivity index (χ2v) is 8.41. The van der Waals surface area contributed by atoms with Crippen molar-refractivity contribution < 1.29 is 19.1 Å². The highest BCUT2D eigenvalue weighted by Gasteiger charge is 2.23. The molecule has 3 rings (SSSR count). The Morgan fingerprint density at radius 2 is 1.81 bits per heavy atom. The van der Waals surface area contributed by atoms with Crippen molar-refractivity contribution in [3.8, 4) is 16.9 Å². The second-order valence-electron chi connectivity index (χ2n) is 7.12. The number of ether oxygens (including phenoxy) is 2. The van der Waals surface area contributed by atoms with Crippen LogP contribution in [0.3, 0.4) is 0 Å². The molecule has 0 atom stereocenters. The van der Waals surface area contributed by atoms with Gasteiger partial charge in [-0.15, -0.1) is 11.3 Å². The maximum absolute atomic E-state index is 12.7. The molecule has 2 aromatic carbocycles. The number of nitrogens with one attached hydrogen (secondary N) is 1. The average Bonchev–Trinajstić information content (AvgIpc) is 3.14. The van der Waals surface area contributed by atoms with Crippen LogP contribution in [0, 0.1) is 20.8 Å². The molecule has 0 unspecified atom stereocenters. The van der Waals surface area contributed by atoms with Gasteiger partial charge < -0.3 is 14.8 Å². The topological polar surface area (TPSA) is 64.6 Å². The third-order valence-corrected chi connectivity index (χ3v) is 6.16. The van der Waals surface area contributed by atoms with Crippen LogP contribution in [-0.4, -0.2) is 25.1 Å². The molecule has 0 saturated carbocycles. The molecular weight excluding hydrogens is 434 g/mol. The molecule has 31 heavy (non-hydrogen) atoms. The van der Waals surface area contributed by atoms with E-state index in [4.69, 9.17) is 21.1 Å². The van der Waals surface area contributed by atoms with Crippen LogP contribution in [0.25, 0.3) is 11.1 Å². The molecule has 3 aromatic rings. The van der Waals surface area contributed by atoms with E-state index in [1.165, 1.54) is 16.9 Å². The van der Waals surface area contributed by atoms with E-state index in [0.717, 1.165) is 22.3 Å². The van der Waals surface area contributed by atoms with E-state index in [2.05, 4.69) is 5.32 Å². The zero-order chi connectivity index (χ0) is 22.5. The van der Waals surface area contributed by atoms with Gasteiger partial charge in [0.15, 0.2) is 6.61 Å². The number of amides is 1. The Labute approximate surface area is 191 Å². The summed E-state index contributed by atoms with van der Waals surface area (Å²) in [6, 6.07) is 11.2. The van der Waals surface area contributed by atoms with Gasteiger partial charge in [-0.25, -0.2) is 4.79 Å². The molecule has 7 heteroatoms. The van der Waals surface area contributed by atoms with E-state index in [0.29, 0.717) is 21.3 Å². The van der Waals surface area contributed by atoms with E-state index in [1.54, 1.807) is 25.1 Å². The lowest BCUT2D eigenvalue weighted by molar-refractivity contribution is -0.118. The number of aryl methyl sites for hydroxylation is 3. The Balaban J connectivity index is 1.82. The van der Waals surface area contributed by atoms with Crippen LogP contribution in [0.4, 0.5) is 5.00 Å². The maximum Gasteiger partial charge on any atom is 0.341 e. The van der Waals surface area contributed by atoms with Crippen LogP contribution >= 0.6 is 22.9 Å². The first kappa shape index (κ1) is 22.8. The smallest absolute Gasteiger partial charge is 0.341 e. The van der Waals surface area contributed by atoms with E-state index in [9.17, 15) is 9.59 Å². The number of benzene rings is 2. The lowest BCUT2D eigenvalue weighted by atomic mass is 9.99. The largest absolute Gasteiger partial charge is 0.484 e. The van der Waals surface area contributed by atoms with Crippen LogP contribution in [0.5, 0.6) is 5.75 Å². The van der Waals surface area contributed by atoms with Gasteiger partial charge >= 0.3 is 5.97 Å². The Hall–Kier alpha value is -2.83. The summed E-state index contributed by atoms with van der Waals surface area (Å²) in [6.07, 6.45) is 0. The number of thiophene rings is 1. The summed E-state index contributed by atoms with van der Waals surface area (Å²) in [5, 5.41) is 5.72. The number of anilines is 1. The molecule has 0 bridgehead atoms. The molecule has 0 fully saturated rings. The first-order valence-corrected chi connectivity index (χ1v) is 11.1. The summed E-state index contributed by atoms with van der Waals surface area (Å²) in [7, 11) is 0. The number of rotatable bonds is 7. The van der Waals surface area contributed by atoms with Gasteiger partial charge in [-0.05, 0) is 68.1 Å². The van der Waals surface area contributed by atoms with E-state index in [1.807, 2.05) is 44.4 Å². The minimum absolute atomic E-state index is 0.194. The Kier molecular flexibility index (Phi) is 7.36. The molecule has 0 aliphatic rings. The van der Waals surface area contributed by atoms with Gasteiger partial charge in [0.2, 0.25) is 0 Å². The molecule has 1 heterocycles. The van der Waals surface area contributed by atoms with Crippen molar-refractivity contribution in [2.45, 2.75) is 27.7 Å². The minimum atomic E-state index is -0.471. The molecule has 1 aromatic heterocycles. The number of hydrogen-bond donors (Lipinski definition) is 1. The second kappa shape index (κ2) is 9.98. The van der Waals surface area contributed by atoms with Gasteiger partial charge in [0, 0.05) is 16.0 Å². The third-order valence-electron chi connectivity index (χ3n) is 4.84. The highest BCUT2D eigenvalue weighted by Crippen LogP contribution is 2.37. The van der Waals surface area contributed by atoms with Crippen LogP contribution in [0.15, 0.2) is 41.8 Å². The zero-order valence-corrected chi connectivity index (χ0v) is 19.4. The number of esters is 1. The first-order valence-electron chi connectivity index (χ1n) is 9.85. The van der Waals surface area contributed by atoms with Crippen molar-refractivity contribution >= 4 is 39.8 Å². The molecule has 0 saturated heterocycles. The third kappa shape index (κ3) is 5.46. The number of halogens is 1. The molecule has 0 aliphatic heterocycles.